The smallest absolute Gasteiger partial charge is 0.123 e. The standard InChI is InChI=1S/C17H21NO/c1-2-15-16-10-11-18-12-13(16)8-9-17(15)19-14-6-4-3-5-7-14/h8-12,14H,2-7H2,1H3. The van der Waals surface area contributed by atoms with Crippen LogP contribution in [0.2, 0.25) is 0 Å². The van der Waals surface area contributed by atoms with Crippen molar-refractivity contribution in [2.45, 2.75) is 51.6 Å². The highest BCUT2D eigenvalue weighted by molar-refractivity contribution is 5.86. The van der Waals surface area contributed by atoms with Gasteiger partial charge in [0.2, 0.25) is 0 Å². The summed E-state index contributed by atoms with van der Waals surface area (Å²) in [6, 6.07) is 6.35. The molecule has 0 aliphatic heterocycles. The van der Waals surface area contributed by atoms with Crippen molar-refractivity contribution in [3.63, 3.8) is 0 Å². The first-order chi connectivity index (χ1) is 9.38. The number of nitrogens with zero attached hydrogens (tertiary/aromatic N) is 1. The van der Waals surface area contributed by atoms with E-state index in [0.717, 1.165) is 12.2 Å². The third kappa shape index (κ3) is 2.58. The summed E-state index contributed by atoms with van der Waals surface area (Å²) in [5.41, 5.74) is 1.32. The summed E-state index contributed by atoms with van der Waals surface area (Å²) in [4.78, 5) is 4.19. The Balaban J connectivity index is 1.93. The van der Waals surface area contributed by atoms with Gasteiger partial charge in [-0.1, -0.05) is 13.3 Å². The maximum Gasteiger partial charge on any atom is 0.123 e. The molecule has 1 aromatic carbocycles. The van der Waals surface area contributed by atoms with Crippen LogP contribution in [0, 0.1) is 0 Å². The zero-order valence-corrected chi connectivity index (χ0v) is 11.6. The van der Waals surface area contributed by atoms with Crippen LogP contribution in [0.15, 0.2) is 30.6 Å². The van der Waals surface area contributed by atoms with Crippen LogP contribution in [0.1, 0.15) is 44.6 Å². The van der Waals surface area contributed by atoms with Gasteiger partial charge in [0.1, 0.15) is 5.75 Å². The number of benzene rings is 1. The second kappa shape index (κ2) is 5.60. The zero-order valence-electron chi connectivity index (χ0n) is 11.6. The van der Waals surface area contributed by atoms with Gasteiger partial charge in [-0.3, -0.25) is 4.98 Å². The molecular formula is C17H21NO. The van der Waals surface area contributed by atoms with Gasteiger partial charge in [0.15, 0.2) is 0 Å². The Morgan fingerprint density at radius 1 is 1.16 bits per heavy atom. The molecule has 1 aromatic heterocycles. The molecule has 3 rings (SSSR count). The number of rotatable bonds is 3. The molecule has 1 heterocycles. The quantitative estimate of drug-likeness (QED) is 0.805. The van der Waals surface area contributed by atoms with Gasteiger partial charge in [-0.15, -0.1) is 0 Å². The minimum Gasteiger partial charge on any atom is -0.490 e. The molecule has 0 radical (unpaired) electrons. The Bertz CT molecular complexity index is 558. The van der Waals surface area contributed by atoms with Crippen LogP contribution in [0.5, 0.6) is 5.75 Å². The molecule has 2 heteroatoms. The van der Waals surface area contributed by atoms with Crippen LogP contribution in [0.25, 0.3) is 10.8 Å². The fourth-order valence-corrected chi connectivity index (χ4v) is 3.05. The minimum atomic E-state index is 0.415. The van der Waals surface area contributed by atoms with E-state index in [0.29, 0.717) is 6.10 Å². The number of aromatic nitrogens is 1. The highest BCUT2D eigenvalue weighted by Crippen LogP contribution is 2.31. The van der Waals surface area contributed by atoms with Crippen LogP contribution in [0.3, 0.4) is 0 Å². The van der Waals surface area contributed by atoms with Crippen LogP contribution in [-0.2, 0) is 6.42 Å². The van der Waals surface area contributed by atoms with Gasteiger partial charge in [-0.05, 0) is 55.7 Å². The van der Waals surface area contributed by atoms with Crippen LogP contribution < -0.4 is 4.74 Å². The summed E-state index contributed by atoms with van der Waals surface area (Å²) in [5.74, 6) is 1.08. The molecule has 0 unspecified atom stereocenters. The normalized spacial score (nSPS) is 16.7. The van der Waals surface area contributed by atoms with Crippen molar-refractivity contribution in [3.8, 4) is 5.75 Å². The summed E-state index contributed by atoms with van der Waals surface area (Å²) in [7, 11) is 0. The van der Waals surface area contributed by atoms with Crippen LogP contribution in [0.4, 0.5) is 0 Å². The highest BCUT2D eigenvalue weighted by atomic mass is 16.5. The molecule has 1 aliphatic rings. The van der Waals surface area contributed by atoms with Crippen molar-refractivity contribution < 1.29 is 4.74 Å². The van der Waals surface area contributed by atoms with E-state index in [1.165, 1.54) is 48.4 Å². The first kappa shape index (κ1) is 12.5. The molecule has 0 bridgehead atoms. The highest BCUT2D eigenvalue weighted by Gasteiger charge is 2.17. The van der Waals surface area contributed by atoms with E-state index in [4.69, 9.17) is 4.74 Å². The number of hydrogen-bond donors (Lipinski definition) is 0. The molecule has 2 aromatic rings. The van der Waals surface area contributed by atoms with Crippen molar-refractivity contribution in [2.75, 3.05) is 0 Å². The minimum absolute atomic E-state index is 0.415. The molecule has 100 valence electrons. The second-order valence-corrected chi connectivity index (χ2v) is 5.37. The largest absolute Gasteiger partial charge is 0.490 e. The zero-order chi connectivity index (χ0) is 13.1. The van der Waals surface area contributed by atoms with Gasteiger partial charge >= 0.3 is 0 Å². The molecule has 1 fully saturated rings. The summed E-state index contributed by atoms with van der Waals surface area (Å²) < 4.78 is 6.27. The lowest BCUT2D eigenvalue weighted by molar-refractivity contribution is 0.154. The maximum atomic E-state index is 6.27. The number of hydrogen-bond acceptors (Lipinski definition) is 2. The first-order valence-electron chi connectivity index (χ1n) is 7.40. The predicted molar refractivity (Wildman–Crippen MR) is 78.6 cm³/mol. The second-order valence-electron chi connectivity index (χ2n) is 5.37. The lowest BCUT2D eigenvalue weighted by Crippen LogP contribution is -2.20. The van der Waals surface area contributed by atoms with E-state index >= 15 is 0 Å². The van der Waals surface area contributed by atoms with Crippen molar-refractivity contribution >= 4 is 10.8 Å². The van der Waals surface area contributed by atoms with E-state index in [2.05, 4.69) is 30.1 Å². The van der Waals surface area contributed by atoms with Crippen molar-refractivity contribution in [1.29, 1.82) is 0 Å². The van der Waals surface area contributed by atoms with Gasteiger partial charge in [0.05, 0.1) is 6.10 Å². The Hall–Kier alpha value is -1.57. The van der Waals surface area contributed by atoms with E-state index in [-0.39, 0.29) is 0 Å². The molecule has 1 saturated carbocycles. The lowest BCUT2D eigenvalue weighted by Gasteiger charge is -2.24. The third-order valence-corrected chi connectivity index (χ3v) is 4.09. The summed E-state index contributed by atoms with van der Waals surface area (Å²) in [5, 5.41) is 2.49. The van der Waals surface area contributed by atoms with Crippen LogP contribution in [-0.4, -0.2) is 11.1 Å². The molecule has 19 heavy (non-hydrogen) atoms. The van der Waals surface area contributed by atoms with Gasteiger partial charge < -0.3 is 4.74 Å². The summed E-state index contributed by atoms with van der Waals surface area (Å²) >= 11 is 0. The number of pyridine rings is 1. The van der Waals surface area contributed by atoms with Gasteiger partial charge in [0, 0.05) is 23.3 Å². The first-order valence-corrected chi connectivity index (χ1v) is 7.40. The fraction of sp³-hybridized carbons (Fsp3) is 0.471. The monoisotopic (exact) mass is 255 g/mol. The average Bonchev–Trinajstić information content (AvgIpc) is 2.48. The molecule has 1 aliphatic carbocycles. The lowest BCUT2D eigenvalue weighted by atomic mass is 9.97. The molecule has 0 spiro atoms. The average molecular weight is 255 g/mol. The maximum absolute atomic E-state index is 6.27. The number of aryl methyl sites for hydroxylation is 1. The molecule has 0 N–H and O–H groups in total. The van der Waals surface area contributed by atoms with Gasteiger partial charge in [-0.25, -0.2) is 0 Å². The number of ether oxygens (including phenoxy) is 1. The van der Waals surface area contributed by atoms with Crippen LogP contribution >= 0.6 is 0 Å². The van der Waals surface area contributed by atoms with Gasteiger partial charge in [-0.2, -0.15) is 0 Å². The van der Waals surface area contributed by atoms with E-state index in [9.17, 15) is 0 Å². The van der Waals surface area contributed by atoms with Crippen molar-refractivity contribution in [3.05, 3.63) is 36.2 Å². The molecule has 2 nitrogen and oxygen atoms in total. The van der Waals surface area contributed by atoms with Crippen molar-refractivity contribution in [1.82, 2.24) is 4.98 Å². The predicted octanol–water partition coefficient (Wildman–Crippen LogP) is 4.51. The number of fused-ring (bicyclic) bond motifs is 1. The van der Waals surface area contributed by atoms with Gasteiger partial charge in [0.25, 0.3) is 0 Å². The topological polar surface area (TPSA) is 22.1 Å². The fourth-order valence-electron chi connectivity index (χ4n) is 3.05. The third-order valence-electron chi connectivity index (χ3n) is 4.09. The summed E-state index contributed by atoms with van der Waals surface area (Å²) in [6.45, 7) is 2.20. The van der Waals surface area contributed by atoms with E-state index < -0.39 is 0 Å². The Morgan fingerprint density at radius 3 is 2.79 bits per heavy atom. The van der Waals surface area contributed by atoms with E-state index in [1.54, 1.807) is 0 Å². The SMILES string of the molecule is CCc1c(OC2CCCCC2)ccc2cnccc12. The Labute approximate surface area is 114 Å². The molecule has 0 amide bonds. The van der Waals surface area contributed by atoms with E-state index in [1.807, 2.05) is 12.4 Å². The Morgan fingerprint density at radius 2 is 2.00 bits per heavy atom. The summed E-state index contributed by atoms with van der Waals surface area (Å²) in [6.07, 6.45) is 11.6. The molecule has 0 atom stereocenters. The Kier molecular flexibility index (Phi) is 3.67. The molecular weight excluding hydrogens is 234 g/mol. The molecule has 0 saturated heterocycles. The van der Waals surface area contributed by atoms with Crippen molar-refractivity contribution in [2.24, 2.45) is 0 Å².